The molecule has 6 nitrogen and oxygen atoms in total. The molecule has 0 bridgehead atoms. The fraction of sp³-hybridized carbons (Fsp3) is 0.636. The molecule has 0 aliphatic heterocycles. The fourth-order valence-electron chi connectivity index (χ4n) is 1.50. The van der Waals surface area contributed by atoms with E-state index in [1.165, 1.54) is 17.9 Å². The van der Waals surface area contributed by atoms with Crippen LogP contribution in [-0.4, -0.2) is 29.9 Å². The highest BCUT2D eigenvalue weighted by Gasteiger charge is 2.16. The highest BCUT2D eigenvalue weighted by molar-refractivity contribution is 5.01. The molecule has 0 aliphatic carbocycles. The van der Waals surface area contributed by atoms with E-state index < -0.39 is 11.9 Å². The topological polar surface area (TPSA) is 73.3 Å². The van der Waals surface area contributed by atoms with Gasteiger partial charge in [-0.05, 0) is 13.8 Å². The van der Waals surface area contributed by atoms with Gasteiger partial charge in [0.05, 0.1) is 6.10 Å². The molecule has 0 aromatic carbocycles. The van der Waals surface area contributed by atoms with Crippen LogP contribution >= 0.6 is 0 Å². The molecule has 0 spiro atoms. The van der Waals surface area contributed by atoms with Gasteiger partial charge in [-0.1, -0.05) is 0 Å². The summed E-state index contributed by atoms with van der Waals surface area (Å²) >= 11 is 0. The lowest BCUT2D eigenvalue weighted by Crippen LogP contribution is -2.35. The number of H-pyrrole nitrogens is 1. The van der Waals surface area contributed by atoms with Gasteiger partial charge in [-0.25, -0.2) is 4.79 Å². The number of rotatable bonds is 5. The van der Waals surface area contributed by atoms with Crippen LogP contribution in [0.1, 0.15) is 25.1 Å². The monoisotopic (exact) mass is 242 g/mol. The molecular weight excluding hydrogens is 224 g/mol. The fourth-order valence-corrected chi connectivity index (χ4v) is 1.50. The number of aryl methyl sites for hydroxylation is 1. The number of hydrogen-bond acceptors (Lipinski definition) is 4. The highest BCUT2D eigenvalue weighted by Crippen LogP contribution is 2.13. The number of hydrogen-bond donors (Lipinski definition) is 1. The highest BCUT2D eigenvalue weighted by atomic mass is 16.5. The largest absolute Gasteiger partial charge is 0.382 e. The number of aromatic nitrogens is 2. The maximum absolute atomic E-state index is 11.6. The average Bonchev–Trinajstić information content (AvgIpc) is 2.30. The molecule has 2 atom stereocenters. The first-order chi connectivity index (χ1) is 7.99. The van der Waals surface area contributed by atoms with Gasteiger partial charge in [0.2, 0.25) is 0 Å². The van der Waals surface area contributed by atoms with Crippen LogP contribution in [0, 0.1) is 6.92 Å². The number of methoxy groups -OCH3 is 2. The van der Waals surface area contributed by atoms with Gasteiger partial charge in [0.15, 0.2) is 0 Å². The molecule has 0 unspecified atom stereocenters. The van der Waals surface area contributed by atoms with E-state index in [4.69, 9.17) is 9.47 Å². The van der Waals surface area contributed by atoms with Gasteiger partial charge in [-0.3, -0.25) is 14.3 Å². The minimum Gasteiger partial charge on any atom is -0.382 e. The van der Waals surface area contributed by atoms with Crippen LogP contribution in [0.15, 0.2) is 15.8 Å². The molecular formula is C11H18N2O4. The summed E-state index contributed by atoms with van der Waals surface area (Å²) in [7, 11) is 3.11. The van der Waals surface area contributed by atoms with E-state index in [1.54, 1.807) is 14.0 Å². The molecule has 96 valence electrons. The molecule has 1 heterocycles. The molecule has 1 N–H and O–H groups in total. The summed E-state index contributed by atoms with van der Waals surface area (Å²) in [6.45, 7) is 3.52. The van der Waals surface area contributed by atoms with E-state index in [0.29, 0.717) is 12.0 Å². The van der Waals surface area contributed by atoms with E-state index in [-0.39, 0.29) is 11.7 Å². The second-order valence-electron chi connectivity index (χ2n) is 3.95. The SMILES string of the molecule is CO[C@@H](C)C[C@@H](OC)n1cc(C)c(=O)[nH]c1=O. The van der Waals surface area contributed by atoms with Crippen molar-refractivity contribution in [3.8, 4) is 0 Å². The Morgan fingerprint density at radius 1 is 1.35 bits per heavy atom. The van der Waals surface area contributed by atoms with Crippen LogP contribution < -0.4 is 11.2 Å². The summed E-state index contributed by atoms with van der Waals surface area (Å²) in [6, 6.07) is 0. The second kappa shape index (κ2) is 5.79. The summed E-state index contributed by atoms with van der Waals surface area (Å²) < 4.78 is 11.7. The molecule has 0 aliphatic rings. The van der Waals surface area contributed by atoms with Crippen molar-refractivity contribution in [1.29, 1.82) is 0 Å². The first kappa shape index (κ1) is 13.7. The molecule has 0 saturated heterocycles. The molecule has 0 saturated carbocycles. The lowest BCUT2D eigenvalue weighted by Gasteiger charge is -2.21. The first-order valence-electron chi connectivity index (χ1n) is 5.37. The zero-order chi connectivity index (χ0) is 13.0. The van der Waals surface area contributed by atoms with Crippen molar-refractivity contribution in [3.05, 3.63) is 32.6 Å². The Kier molecular flexibility index (Phi) is 4.65. The maximum atomic E-state index is 11.6. The van der Waals surface area contributed by atoms with Crippen molar-refractivity contribution in [2.75, 3.05) is 14.2 Å². The van der Waals surface area contributed by atoms with E-state index in [9.17, 15) is 9.59 Å². The zero-order valence-electron chi connectivity index (χ0n) is 10.5. The number of ether oxygens (including phenoxy) is 2. The maximum Gasteiger partial charge on any atom is 0.330 e. The van der Waals surface area contributed by atoms with Crippen LogP contribution in [0.25, 0.3) is 0 Å². The summed E-state index contributed by atoms with van der Waals surface area (Å²) in [5, 5.41) is 0. The first-order valence-corrected chi connectivity index (χ1v) is 5.37. The van der Waals surface area contributed by atoms with Crippen molar-refractivity contribution >= 4 is 0 Å². The van der Waals surface area contributed by atoms with E-state index in [2.05, 4.69) is 4.98 Å². The summed E-state index contributed by atoms with van der Waals surface area (Å²) in [5.74, 6) is 0. The molecule has 0 radical (unpaired) electrons. The van der Waals surface area contributed by atoms with E-state index in [1.807, 2.05) is 6.92 Å². The van der Waals surface area contributed by atoms with Gasteiger partial charge in [0.25, 0.3) is 5.56 Å². The third kappa shape index (κ3) is 3.28. The van der Waals surface area contributed by atoms with Gasteiger partial charge < -0.3 is 9.47 Å². The lowest BCUT2D eigenvalue weighted by molar-refractivity contribution is -0.0119. The Balaban J connectivity index is 3.08. The Bertz CT molecular complexity index is 477. The molecule has 0 amide bonds. The van der Waals surface area contributed by atoms with Crippen LogP contribution in [0.2, 0.25) is 0 Å². The standard InChI is InChI=1S/C11H18N2O4/c1-7-6-13(11(15)12-10(7)14)9(17-4)5-8(2)16-3/h6,8-9H,5H2,1-4H3,(H,12,14,15)/t8-,9+/m0/s1. The lowest BCUT2D eigenvalue weighted by atomic mass is 10.2. The number of aromatic amines is 1. The smallest absolute Gasteiger partial charge is 0.330 e. The minimum atomic E-state index is -0.476. The quantitative estimate of drug-likeness (QED) is 0.812. The van der Waals surface area contributed by atoms with E-state index in [0.717, 1.165) is 0 Å². The minimum absolute atomic E-state index is 0.0425. The van der Waals surface area contributed by atoms with Crippen molar-refractivity contribution in [2.24, 2.45) is 0 Å². The van der Waals surface area contributed by atoms with Gasteiger partial charge >= 0.3 is 5.69 Å². The molecule has 0 fully saturated rings. The van der Waals surface area contributed by atoms with Gasteiger partial charge in [-0.15, -0.1) is 0 Å². The third-order valence-corrected chi connectivity index (χ3v) is 2.66. The normalized spacial score (nSPS) is 14.6. The number of nitrogens with zero attached hydrogens (tertiary/aromatic N) is 1. The summed E-state index contributed by atoms with van der Waals surface area (Å²) in [6.07, 6.45) is 1.53. The molecule has 6 heteroatoms. The zero-order valence-corrected chi connectivity index (χ0v) is 10.5. The summed E-state index contributed by atoms with van der Waals surface area (Å²) in [4.78, 5) is 25.1. The van der Waals surface area contributed by atoms with Crippen LogP contribution in [0.3, 0.4) is 0 Å². The van der Waals surface area contributed by atoms with Crippen LogP contribution in [0.4, 0.5) is 0 Å². The average molecular weight is 242 g/mol. The second-order valence-corrected chi connectivity index (χ2v) is 3.95. The van der Waals surface area contributed by atoms with Crippen molar-refractivity contribution < 1.29 is 9.47 Å². The molecule has 17 heavy (non-hydrogen) atoms. The summed E-state index contributed by atoms with van der Waals surface area (Å²) in [5.41, 5.74) is -0.381. The molecule has 1 rings (SSSR count). The van der Waals surface area contributed by atoms with E-state index >= 15 is 0 Å². The number of nitrogens with one attached hydrogen (secondary N) is 1. The Labute approximate surface area is 99.2 Å². The van der Waals surface area contributed by atoms with Gasteiger partial charge in [0, 0.05) is 32.4 Å². The Hall–Kier alpha value is -1.40. The predicted molar refractivity (Wildman–Crippen MR) is 63.2 cm³/mol. The van der Waals surface area contributed by atoms with Crippen molar-refractivity contribution in [1.82, 2.24) is 9.55 Å². The van der Waals surface area contributed by atoms with Gasteiger partial charge in [0.1, 0.15) is 6.23 Å². The Morgan fingerprint density at radius 2 is 2.00 bits per heavy atom. The van der Waals surface area contributed by atoms with Crippen LogP contribution in [-0.2, 0) is 9.47 Å². The van der Waals surface area contributed by atoms with Crippen molar-refractivity contribution in [3.63, 3.8) is 0 Å². The predicted octanol–water partition coefficient (Wildman–Crippen LogP) is 0.415. The molecule has 1 aromatic heterocycles. The Morgan fingerprint density at radius 3 is 2.53 bits per heavy atom. The van der Waals surface area contributed by atoms with Gasteiger partial charge in [-0.2, -0.15) is 0 Å². The van der Waals surface area contributed by atoms with Crippen molar-refractivity contribution in [2.45, 2.75) is 32.6 Å². The van der Waals surface area contributed by atoms with Crippen LogP contribution in [0.5, 0.6) is 0 Å². The third-order valence-electron chi connectivity index (χ3n) is 2.66. The molecule has 1 aromatic rings.